The van der Waals surface area contributed by atoms with Gasteiger partial charge in [-0.15, -0.1) is 0 Å². The summed E-state index contributed by atoms with van der Waals surface area (Å²) in [6, 6.07) is 7.78. The van der Waals surface area contributed by atoms with Gasteiger partial charge in [0.05, 0.1) is 35.1 Å². The van der Waals surface area contributed by atoms with Crippen LogP contribution in [0, 0.1) is 0 Å². The first-order chi connectivity index (χ1) is 19.7. The first-order valence-electron chi connectivity index (χ1n) is 13.4. The molecule has 1 saturated heterocycles. The standard InChI is InChI=1S/C26H34N4O9/c1-27-22(31)8-9-23(32)38-15-17-4-6-18(7-5-17)24(33)28-21-10-11-30(26(34)29-21)25-20(37-13-12-35-2)14-19(39-25)16-36-3/h4-7,10-11,19-20,25H,8-9,12-16H2,1-3H3,(H,27,31)(H,28,29,33,34)/t19-,20?,25+/m0/s1/i3TD/t3?,19-,20?,25+. The summed E-state index contributed by atoms with van der Waals surface area (Å²) in [6.45, 7) is 0.597. The van der Waals surface area contributed by atoms with Crippen LogP contribution in [0.4, 0.5) is 5.82 Å². The van der Waals surface area contributed by atoms with Crippen molar-refractivity contribution in [1.82, 2.24) is 14.9 Å². The molecule has 2 unspecified atom stereocenters. The third-order valence-corrected chi connectivity index (χ3v) is 5.84. The molecule has 2 N–H and O–H groups in total. The van der Waals surface area contributed by atoms with Gasteiger partial charge in [-0.05, 0) is 23.8 Å². The van der Waals surface area contributed by atoms with Crippen molar-refractivity contribution in [2.24, 2.45) is 0 Å². The van der Waals surface area contributed by atoms with Gasteiger partial charge in [0.2, 0.25) is 5.91 Å². The van der Waals surface area contributed by atoms with Gasteiger partial charge < -0.3 is 34.3 Å². The quantitative estimate of drug-likeness (QED) is 0.258. The maximum atomic E-state index is 12.9. The smallest absolute Gasteiger partial charge is 0.351 e. The molecule has 39 heavy (non-hydrogen) atoms. The van der Waals surface area contributed by atoms with Crippen LogP contribution in [0.15, 0.2) is 41.3 Å². The van der Waals surface area contributed by atoms with Gasteiger partial charge in [-0.1, -0.05) is 12.1 Å². The Kier molecular flexibility index (Phi) is 10.4. The van der Waals surface area contributed by atoms with Crippen LogP contribution in [0.2, 0.25) is 0 Å². The highest BCUT2D eigenvalue weighted by Crippen LogP contribution is 2.30. The van der Waals surface area contributed by atoms with Gasteiger partial charge >= 0.3 is 11.7 Å². The second-order valence-electron chi connectivity index (χ2n) is 8.61. The minimum absolute atomic E-state index is 0.00642. The van der Waals surface area contributed by atoms with E-state index in [1.54, 1.807) is 24.3 Å². The lowest BCUT2D eigenvalue weighted by molar-refractivity contribution is -0.146. The molecule has 0 radical (unpaired) electrons. The molecule has 1 fully saturated rings. The number of carbonyl (C=O) groups excluding carboxylic acids is 3. The third kappa shape index (κ3) is 8.96. The van der Waals surface area contributed by atoms with E-state index in [0.717, 1.165) is 0 Å². The Morgan fingerprint density at radius 2 is 2.00 bits per heavy atom. The predicted octanol–water partition coefficient (Wildman–Crippen LogP) is 1.03. The fourth-order valence-electron chi connectivity index (χ4n) is 3.80. The molecule has 0 spiro atoms. The molecule has 2 aromatic rings. The summed E-state index contributed by atoms with van der Waals surface area (Å²) in [4.78, 5) is 52.5. The molecule has 13 nitrogen and oxygen atoms in total. The number of methoxy groups -OCH3 is 2. The minimum atomic E-state index is -1.46. The Morgan fingerprint density at radius 1 is 1.21 bits per heavy atom. The molecule has 1 aromatic heterocycles. The lowest BCUT2D eigenvalue weighted by atomic mass is 10.1. The first-order valence-corrected chi connectivity index (χ1v) is 12.3. The molecular formula is C26H34N4O9. The Balaban J connectivity index is 1.58. The summed E-state index contributed by atoms with van der Waals surface area (Å²) in [7, 11) is 1.57. The Bertz CT molecular complexity index is 1230. The zero-order chi connectivity index (χ0) is 29.8. The van der Waals surface area contributed by atoms with Crippen LogP contribution >= 0.6 is 0 Å². The molecule has 0 aliphatic carbocycles. The van der Waals surface area contributed by atoms with Crippen molar-refractivity contribution in [1.29, 1.82) is 0 Å². The monoisotopic (exact) mass is 549 g/mol. The Labute approximate surface area is 228 Å². The summed E-state index contributed by atoms with van der Waals surface area (Å²) in [6.07, 6.45) is -0.0342. The molecule has 3 rings (SSSR count). The highest BCUT2D eigenvalue weighted by atomic mass is 16.6. The molecule has 1 aliphatic heterocycles. The number of aromatic nitrogens is 2. The van der Waals surface area contributed by atoms with E-state index >= 15 is 0 Å². The molecule has 212 valence electrons. The van der Waals surface area contributed by atoms with Gasteiger partial charge in [-0.2, -0.15) is 4.98 Å². The highest BCUT2D eigenvalue weighted by molar-refractivity contribution is 6.03. The molecular weight excluding hydrogens is 512 g/mol. The second kappa shape index (κ2) is 15.1. The molecule has 0 bridgehead atoms. The van der Waals surface area contributed by atoms with Crippen molar-refractivity contribution in [3.63, 3.8) is 0 Å². The molecule has 13 heteroatoms. The van der Waals surface area contributed by atoms with Crippen LogP contribution in [0.3, 0.4) is 0 Å². The topological polar surface area (TPSA) is 156 Å². The molecule has 2 heterocycles. The molecule has 2 amide bonds. The Morgan fingerprint density at radius 3 is 2.69 bits per heavy atom. The average molecular weight is 550 g/mol. The van der Waals surface area contributed by atoms with E-state index in [4.69, 9.17) is 26.4 Å². The summed E-state index contributed by atoms with van der Waals surface area (Å²) in [5.74, 6) is -1.23. The normalized spacial score (nSPS) is 20.0. The van der Waals surface area contributed by atoms with Gasteiger partial charge in [-0.3, -0.25) is 19.0 Å². The maximum absolute atomic E-state index is 12.9. The van der Waals surface area contributed by atoms with E-state index in [9.17, 15) is 19.2 Å². The minimum Gasteiger partial charge on any atom is -0.461 e. The number of hydrogen-bond donors (Lipinski definition) is 2. The SMILES string of the molecule is [2H]C([3H])OC[C@@H]1CC(OCCOC)[C@H](n2ccc(NC(=O)c3ccc(COC(=O)CCC(=O)NC)cc3)nc2=O)O1. The first kappa shape index (κ1) is 26.9. The number of anilines is 1. The van der Waals surface area contributed by atoms with Crippen LogP contribution in [0.5, 0.6) is 0 Å². The number of rotatable bonds is 14. The largest absolute Gasteiger partial charge is 0.461 e. The van der Waals surface area contributed by atoms with Gasteiger partial charge in [0, 0.05) is 45.8 Å². The highest BCUT2D eigenvalue weighted by Gasteiger charge is 2.38. The van der Waals surface area contributed by atoms with Crippen molar-refractivity contribution in [2.45, 2.75) is 44.3 Å². The van der Waals surface area contributed by atoms with Gasteiger partial charge in [-0.25, -0.2) is 4.79 Å². The lowest BCUT2D eigenvalue weighted by Crippen LogP contribution is -2.33. The average Bonchev–Trinajstić information content (AvgIpc) is 3.36. The van der Waals surface area contributed by atoms with E-state index in [0.29, 0.717) is 24.2 Å². The zero-order valence-corrected chi connectivity index (χ0v) is 21.8. The van der Waals surface area contributed by atoms with Gasteiger partial charge in [0.1, 0.15) is 18.5 Å². The predicted molar refractivity (Wildman–Crippen MR) is 138 cm³/mol. The number of nitrogens with one attached hydrogen (secondary N) is 2. The third-order valence-electron chi connectivity index (χ3n) is 5.84. The van der Waals surface area contributed by atoms with E-state index in [-0.39, 0.29) is 44.4 Å². The number of amides is 2. The zero-order valence-electron chi connectivity index (χ0n) is 23.8. The fourth-order valence-corrected chi connectivity index (χ4v) is 3.80. The number of carbonyl (C=O) groups is 3. The van der Waals surface area contributed by atoms with Crippen molar-refractivity contribution in [3.05, 3.63) is 58.1 Å². The van der Waals surface area contributed by atoms with Gasteiger partial charge in [0.15, 0.2) is 6.23 Å². The van der Waals surface area contributed by atoms with Crippen molar-refractivity contribution >= 4 is 23.6 Å². The second-order valence-corrected chi connectivity index (χ2v) is 8.61. The number of hydrogen-bond acceptors (Lipinski definition) is 10. The van der Waals surface area contributed by atoms with Crippen molar-refractivity contribution in [2.75, 3.05) is 46.4 Å². The van der Waals surface area contributed by atoms with Crippen LogP contribution < -0.4 is 16.3 Å². The number of benzene rings is 1. The number of esters is 1. The molecule has 4 atom stereocenters. The number of ether oxygens (including phenoxy) is 5. The summed E-state index contributed by atoms with van der Waals surface area (Å²) < 4.78 is 42.6. The fraction of sp³-hybridized carbons (Fsp3) is 0.500. The van der Waals surface area contributed by atoms with E-state index in [1.807, 2.05) is 0 Å². The van der Waals surface area contributed by atoms with Crippen LogP contribution in [0.1, 0.15) is 44.2 Å². The van der Waals surface area contributed by atoms with Crippen molar-refractivity contribution < 1.29 is 40.8 Å². The molecule has 1 aromatic carbocycles. The van der Waals surface area contributed by atoms with E-state index in [2.05, 4.69) is 15.6 Å². The molecule has 0 saturated carbocycles. The van der Waals surface area contributed by atoms with Crippen molar-refractivity contribution in [3.8, 4) is 0 Å². The van der Waals surface area contributed by atoms with Crippen LogP contribution in [-0.4, -0.2) is 80.6 Å². The summed E-state index contributed by atoms with van der Waals surface area (Å²) in [5.41, 5.74) is 0.266. The molecule has 1 aliphatic rings. The maximum Gasteiger partial charge on any atom is 0.351 e. The van der Waals surface area contributed by atoms with E-state index < -0.39 is 43.1 Å². The van der Waals surface area contributed by atoms with Crippen LogP contribution in [0.25, 0.3) is 0 Å². The summed E-state index contributed by atoms with van der Waals surface area (Å²) >= 11 is 0. The number of nitrogens with zero attached hydrogens (tertiary/aromatic N) is 2. The van der Waals surface area contributed by atoms with E-state index in [1.165, 1.54) is 31.0 Å². The summed E-state index contributed by atoms with van der Waals surface area (Å²) in [5, 5.41) is 5.01. The van der Waals surface area contributed by atoms with Gasteiger partial charge in [0.25, 0.3) is 5.91 Å². The lowest BCUT2D eigenvalue weighted by Gasteiger charge is -2.21. The Hall–Kier alpha value is -3.65. The van der Waals surface area contributed by atoms with Crippen LogP contribution in [-0.2, 0) is 39.9 Å².